The Morgan fingerprint density at radius 2 is 2.38 bits per heavy atom. The number of thiophene rings is 1. The van der Waals surface area contributed by atoms with Crippen molar-refractivity contribution in [2.24, 2.45) is 5.73 Å². The molecule has 0 unspecified atom stereocenters. The highest BCUT2D eigenvalue weighted by Gasteiger charge is 2.33. The molecule has 1 aliphatic rings. The molecule has 5 nitrogen and oxygen atoms in total. The molecule has 1 aromatic heterocycles. The van der Waals surface area contributed by atoms with Crippen LogP contribution >= 0.6 is 11.3 Å². The van der Waals surface area contributed by atoms with Crippen molar-refractivity contribution in [3.63, 3.8) is 0 Å². The number of sulfonamides is 1. The fourth-order valence-corrected chi connectivity index (χ4v) is 4.64. The first kappa shape index (κ1) is 11.8. The third kappa shape index (κ3) is 1.95. The maximum absolute atomic E-state index is 12.2. The quantitative estimate of drug-likeness (QED) is 0.860. The number of nitrogens with zero attached hydrogens (tertiary/aromatic N) is 1. The van der Waals surface area contributed by atoms with Crippen LogP contribution in [0.3, 0.4) is 0 Å². The molecule has 2 rings (SSSR count). The number of hydrogen-bond donors (Lipinski definition) is 1. The van der Waals surface area contributed by atoms with Crippen molar-refractivity contribution in [1.29, 1.82) is 0 Å². The van der Waals surface area contributed by atoms with Crippen LogP contribution in [0.25, 0.3) is 0 Å². The summed E-state index contributed by atoms with van der Waals surface area (Å²) in [5, 5.41) is 1.71. The van der Waals surface area contributed by atoms with Gasteiger partial charge in [0.2, 0.25) is 0 Å². The van der Waals surface area contributed by atoms with Gasteiger partial charge in [0.15, 0.2) is 4.21 Å². The van der Waals surface area contributed by atoms with Crippen molar-refractivity contribution in [2.45, 2.75) is 16.7 Å². The Labute approximate surface area is 98.9 Å². The highest BCUT2D eigenvalue weighted by molar-refractivity contribution is 7.91. The van der Waals surface area contributed by atoms with E-state index < -0.39 is 10.0 Å². The Morgan fingerprint density at radius 3 is 2.94 bits per heavy atom. The van der Waals surface area contributed by atoms with Crippen molar-refractivity contribution in [2.75, 3.05) is 20.2 Å². The smallest absolute Gasteiger partial charge is 0.256 e. The van der Waals surface area contributed by atoms with Crippen molar-refractivity contribution in [3.8, 4) is 5.75 Å². The molecule has 0 amide bonds. The Balaban J connectivity index is 2.32. The molecule has 1 saturated heterocycles. The fraction of sp³-hybridized carbons (Fsp3) is 0.556. The van der Waals surface area contributed by atoms with Gasteiger partial charge in [0.1, 0.15) is 5.75 Å². The predicted molar refractivity (Wildman–Crippen MR) is 62.2 cm³/mol. The number of rotatable bonds is 3. The van der Waals surface area contributed by atoms with Gasteiger partial charge in [0.25, 0.3) is 10.0 Å². The van der Waals surface area contributed by atoms with E-state index in [-0.39, 0.29) is 10.3 Å². The molecule has 1 atom stereocenters. The topological polar surface area (TPSA) is 72.6 Å². The zero-order valence-corrected chi connectivity index (χ0v) is 10.6. The van der Waals surface area contributed by atoms with Crippen LogP contribution in [0.1, 0.15) is 6.42 Å². The second-order valence-corrected chi connectivity index (χ2v) is 6.74. The van der Waals surface area contributed by atoms with Crippen LogP contribution < -0.4 is 10.5 Å². The first-order chi connectivity index (χ1) is 7.55. The van der Waals surface area contributed by atoms with Gasteiger partial charge < -0.3 is 10.5 Å². The second-order valence-electron chi connectivity index (χ2n) is 3.69. The van der Waals surface area contributed by atoms with Crippen molar-refractivity contribution in [1.82, 2.24) is 4.31 Å². The van der Waals surface area contributed by atoms with Gasteiger partial charge >= 0.3 is 0 Å². The molecule has 1 fully saturated rings. The van der Waals surface area contributed by atoms with E-state index >= 15 is 0 Å². The van der Waals surface area contributed by atoms with E-state index in [1.807, 2.05) is 0 Å². The van der Waals surface area contributed by atoms with E-state index in [1.165, 1.54) is 22.8 Å². The van der Waals surface area contributed by atoms with Crippen LogP contribution in [0.15, 0.2) is 15.7 Å². The summed E-state index contributed by atoms with van der Waals surface area (Å²) in [6, 6.07) is 1.61. The van der Waals surface area contributed by atoms with E-state index in [9.17, 15) is 8.42 Å². The molecule has 90 valence electrons. The van der Waals surface area contributed by atoms with Crippen molar-refractivity contribution in [3.05, 3.63) is 11.4 Å². The summed E-state index contributed by atoms with van der Waals surface area (Å²) in [5.41, 5.74) is 5.71. The van der Waals surface area contributed by atoms with Gasteiger partial charge in [-0.15, -0.1) is 11.3 Å². The number of nitrogens with two attached hydrogens (primary N) is 1. The van der Waals surface area contributed by atoms with Crippen LogP contribution in [-0.4, -0.2) is 39.0 Å². The molecule has 2 N–H and O–H groups in total. The number of hydrogen-bond acceptors (Lipinski definition) is 5. The van der Waals surface area contributed by atoms with E-state index in [0.717, 1.165) is 0 Å². The minimum Gasteiger partial charge on any atom is -0.494 e. The molecular formula is C9H14N2O3S2. The zero-order chi connectivity index (χ0) is 11.8. The molecule has 0 spiro atoms. The standard InChI is InChI=1S/C9H14N2O3S2/c1-14-8-3-5-15-9(8)16(12,13)11-4-2-7(10)6-11/h3,5,7H,2,4,6,10H2,1H3/t7-/m1/s1. The largest absolute Gasteiger partial charge is 0.494 e. The van der Waals surface area contributed by atoms with E-state index in [2.05, 4.69) is 0 Å². The lowest BCUT2D eigenvalue weighted by atomic mass is 10.3. The van der Waals surface area contributed by atoms with E-state index in [4.69, 9.17) is 10.5 Å². The Kier molecular flexibility index (Phi) is 3.20. The van der Waals surface area contributed by atoms with Gasteiger partial charge in [0.05, 0.1) is 7.11 Å². The molecule has 7 heteroatoms. The van der Waals surface area contributed by atoms with Crippen LogP contribution in [-0.2, 0) is 10.0 Å². The molecular weight excluding hydrogens is 248 g/mol. The third-order valence-electron chi connectivity index (χ3n) is 2.58. The van der Waals surface area contributed by atoms with Crippen LogP contribution in [0, 0.1) is 0 Å². The van der Waals surface area contributed by atoms with Crippen LogP contribution in [0.2, 0.25) is 0 Å². The molecule has 0 radical (unpaired) electrons. The highest BCUT2D eigenvalue weighted by atomic mass is 32.2. The summed E-state index contributed by atoms with van der Waals surface area (Å²) in [4.78, 5) is 0. The minimum atomic E-state index is -3.42. The maximum atomic E-state index is 12.2. The first-order valence-corrected chi connectivity index (χ1v) is 7.25. The molecule has 0 aliphatic carbocycles. The fourth-order valence-electron chi connectivity index (χ4n) is 1.71. The van der Waals surface area contributed by atoms with Crippen molar-refractivity contribution < 1.29 is 13.2 Å². The number of ether oxygens (including phenoxy) is 1. The van der Waals surface area contributed by atoms with Gasteiger partial charge in [-0.3, -0.25) is 0 Å². The minimum absolute atomic E-state index is 0.0549. The Bertz CT molecular complexity index is 469. The molecule has 1 aliphatic heterocycles. The lowest BCUT2D eigenvalue weighted by Crippen LogP contribution is -2.31. The Hall–Kier alpha value is -0.630. The average Bonchev–Trinajstić information content (AvgIpc) is 2.85. The molecule has 0 aromatic carbocycles. The molecule has 16 heavy (non-hydrogen) atoms. The first-order valence-electron chi connectivity index (χ1n) is 4.93. The van der Waals surface area contributed by atoms with Crippen molar-refractivity contribution >= 4 is 21.4 Å². The van der Waals surface area contributed by atoms with Crippen LogP contribution in [0.5, 0.6) is 5.75 Å². The van der Waals surface area contributed by atoms with E-state index in [0.29, 0.717) is 25.3 Å². The van der Waals surface area contributed by atoms with Gasteiger partial charge in [-0.25, -0.2) is 8.42 Å². The summed E-state index contributed by atoms with van der Waals surface area (Å²) in [6.45, 7) is 0.883. The maximum Gasteiger partial charge on any atom is 0.256 e. The van der Waals surface area contributed by atoms with Crippen LogP contribution in [0.4, 0.5) is 0 Å². The summed E-state index contributed by atoms with van der Waals surface area (Å²) in [7, 11) is -1.96. The van der Waals surface area contributed by atoms with E-state index in [1.54, 1.807) is 11.4 Å². The third-order valence-corrected chi connectivity index (χ3v) is 5.87. The monoisotopic (exact) mass is 262 g/mol. The summed E-state index contributed by atoms with van der Waals surface area (Å²) in [6.07, 6.45) is 0.715. The normalized spacial score (nSPS) is 22.5. The lowest BCUT2D eigenvalue weighted by molar-refractivity contribution is 0.402. The van der Waals surface area contributed by atoms with Gasteiger partial charge in [-0.1, -0.05) is 0 Å². The zero-order valence-electron chi connectivity index (χ0n) is 8.92. The highest BCUT2D eigenvalue weighted by Crippen LogP contribution is 2.33. The SMILES string of the molecule is COc1ccsc1S(=O)(=O)N1CC[C@@H](N)C1. The number of methoxy groups -OCH3 is 1. The van der Waals surface area contributed by atoms with Gasteiger partial charge in [-0.05, 0) is 17.9 Å². The molecule has 2 heterocycles. The predicted octanol–water partition coefficient (Wildman–Crippen LogP) is 0.478. The van der Waals surface area contributed by atoms with Gasteiger partial charge in [0, 0.05) is 19.1 Å². The summed E-state index contributed by atoms with van der Waals surface area (Å²) >= 11 is 1.17. The molecule has 0 saturated carbocycles. The second kappa shape index (κ2) is 4.33. The lowest BCUT2D eigenvalue weighted by Gasteiger charge is -2.15. The average molecular weight is 262 g/mol. The molecule has 0 bridgehead atoms. The molecule has 1 aromatic rings. The van der Waals surface area contributed by atoms with Gasteiger partial charge in [-0.2, -0.15) is 4.31 Å². The summed E-state index contributed by atoms with van der Waals surface area (Å²) < 4.78 is 31.2. The summed E-state index contributed by atoms with van der Waals surface area (Å²) in [5.74, 6) is 0.408. The Morgan fingerprint density at radius 1 is 1.62 bits per heavy atom.